The van der Waals surface area contributed by atoms with Gasteiger partial charge in [-0.05, 0) is 19.1 Å². The van der Waals surface area contributed by atoms with Gasteiger partial charge >= 0.3 is 0 Å². The Hall–Kier alpha value is -2.58. The maximum absolute atomic E-state index is 12.1. The number of anilines is 1. The highest BCUT2D eigenvalue weighted by atomic mass is 32.2. The summed E-state index contributed by atoms with van der Waals surface area (Å²) in [6.45, 7) is 5.67. The number of benzene rings is 1. The van der Waals surface area contributed by atoms with Gasteiger partial charge in [0, 0.05) is 12.2 Å². The van der Waals surface area contributed by atoms with Crippen LogP contribution in [0.2, 0.25) is 0 Å². The van der Waals surface area contributed by atoms with Crippen LogP contribution in [0.25, 0.3) is 0 Å². The fourth-order valence-corrected chi connectivity index (χ4v) is 2.95. The maximum Gasteiger partial charge on any atom is 0.240 e. The Morgan fingerprint density at radius 3 is 2.69 bits per heavy atom. The number of carbonyl (C=O) groups excluding carboxylic acids is 2. The first-order valence-corrected chi connectivity index (χ1v) is 9.04. The number of amides is 2. The van der Waals surface area contributed by atoms with Gasteiger partial charge in [0.15, 0.2) is 5.16 Å². The number of nitrogens with zero attached hydrogens (tertiary/aromatic N) is 2. The van der Waals surface area contributed by atoms with E-state index >= 15 is 0 Å². The van der Waals surface area contributed by atoms with Crippen molar-refractivity contribution in [3.63, 3.8) is 0 Å². The molecule has 8 heteroatoms. The Morgan fingerprint density at radius 1 is 1.31 bits per heavy atom. The number of nitrogens with one attached hydrogen (secondary N) is 2. The first-order chi connectivity index (χ1) is 12.5. The lowest BCUT2D eigenvalue weighted by molar-refractivity contribution is -0.121. The van der Waals surface area contributed by atoms with Crippen molar-refractivity contribution < 1.29 is 14.7 Å². The molecule has 2 amide bonds. The number of imidazole rings is 1. The number of rotatable bonds is 9. The van der Waals surface area contributed by atoms with Crippen LogP contribution < -0.4 is 10.6 Å². The summed E-state index contributed by atoms with van der Waals surface area (Å²) in [5, 5.41) is 15.4. The van der Waals surface area contributed by atoms with Crippen molar-refractivity contribution in [3.05, 3.63) is 54.4 Å². The molecule has 0 spiro atoms. The Bertz CT molecular complexity index is 771. The fraction of sp³-hybridized carbons (Fsp3) is 0.278. The van der Waals surface area contributed by atoms with Crippen LogP contribution in [0, 0.1) is 6.92 Å². The number of hydrogen-bond donors (Lipinski definition) is 3. The van der Waals surface area contributed by atoms with Gasteiger partial charge in [-0.25, -0.2) is 4.98 Å². The van der Waals surface area contributed by atoms with Gasteiger partial charge in [0.25, 0.3) is 0 Å². The van der Waals surface area contributed by atoms with Crippen molar-refractivity contribution >= 4 is 29.3 Å². The number of aliphatic hydroxyl groups excluding tert-OH is 1. The van der Waals surface area contributed by atoms with E-state index in [1.165, 1.54) is 18.0 Å². The predicted molar refractivity (Wildman–Crippen MR) is 102 cm³/mol. The zero-order valence-electron chi connectivity index (χ0n) is 14.6. The van der Waals surface area contributed by atoms with Crippen LogP contribution in [0.4, 0.5) is 5.69 Å². The standard InChI is InChI=1S/C18H22N4O3S/c1-3-8-19-16(24)10-22-15(11-23)9-20-18(22)26-12-17(25)21-14-6-4-13(2)5-7-14/h3-7,9,23H,1,8,10-12H2,2H3,(H,19,24)(H,21,25). The summed E-state index contributed by atoms with van der Waals surface area (Å²) in [7, 11) is 0. The summed E-state index contributed by atoms with van der Waals surface area (Å²) in [5.41, 5.74) is 2.36. The smallest absolute Gasteiger partial charge is 0.240 e. The topological polar surface area (TPSA) is 96.2 Å². The van der Waals surface area contributed by atoms with Crippen LogP contribution in [-0.2, 0) is 22.7 Å². The third kappa shape index (κ3) is 5.75. The molecule has 0 bridgehead atoms. The maximum atomic E-state index is 12.1. The molecule has 138 valence electrons. The van der Waals surface area contributed by atoms with Crippen molar-refractivity contribution in [2.24, 2.45) is 0 Å². The van der Waals surface area contributed by atoms with Crippen molar-refractivity contribution in [2.45, 2.75) is 25.2 Å². The van der Waals surface area contributed by atoms with E-state index in [0.29, 0.717) is 17.4 Å². The van der Waals surface area contributed by atoms with Crippen molar-refractivity contribution in [3.8, 4) is 0 Å². The Kier molecular flexibility index (Phi) is 7.43. The molecule has 26 heavy (non-hydrogen) atoms. The van der Waals surface area contributed by atoms with Crippen LogP contribution in [0.15, 0.2) is 48.3 Å². The zero-order chi connectivity index (χ0) is 18.9. The molecule has 3 N–H and O–H groups in total. The molecular formula is C18H22N4O3S. The van der Waals surface area contributed by atoms with Crippen molar-refractivity contribution in [2.75, 3.05) is 17.6 Å². The zero-order valence-corrected chi connectivity index (χ0v) is 15.4. The van der Waals surface area contributed by atoms with Crippen molar-refractivity contribution in [1.29, 1.82) is 0 Å². The number of hydrogen-bond acceptors (Lipinski definition) is 5. The molecule has 1 heterocycles. The minimum Gasteiger partial charge on any atom is -0.390 e. The van der Waals surface area contributed by atoms with E-state index in [4.69, 9.17) is 0 Å². The van der Waals surface area contributed by atoms with Gasteiger partial charge in [0.1, 0.15) is 6.54 Å². The molecule has 0 aliphatic heterocycles. The number of aromatic nitrogens is 2. The third-order valence-electron chi connectivity index (χ3n) is 3.48. The monoisotopic (exact) mass is 374 g/mol. The van der Waals surface area contributed by atoms with Gasteiger partial charge in [0.05, 0.1) is 24.3 Å². The summed E-state index contributed by atoms with van der Waals surface area (Å²) in [6, 6.07) is 7.52. The molecule has 7 nitrogen and oxygen atoms in total. The number of aliphatic hydroxyl groups is 1. The SMILES string of the molecule is C=CCNC(=O)Cn1c(CO)cnc1SCC(=O)Nc1ccc(C)cc1. The first-order valence-electron chi connectivity index (χ1n) is 8.05. The van der Waals surface area contributed by atoms with E-state index in [0.717, 1.165) is 11.3 Å². The van der Waals surface area contributed by atoms with E-state index < -0.39 is 0 Å². The minimum atomic E-state index is -0.238. The first kappa shape index (κ1) is 19.7. The average molecular weight is 374 g/mol. The molecule has 1 aromatic heterocycles. The third-order valence-corrected chi connectivity index (χ3v) is 4.47. The van der Waals surface area contributed by atoms with E-state index in [9.17, 15) is 14.7 Å². The second-order valence-corrected chi connectivity index (χ2v) is 6.51. The number of aryl methyl sites for hydroxylation is 1. The molecule has 1 aromatic carbocycles. The van der Waals surface area contributed by atoms with E-state index in [1.54, 1.807) is 10.6 Å². The fourth-order valence-electron chi connectivity index (χ4n) is 2.15. The predicted octanol–water partition coefficient (Wildman–Crippen LogP) is 1.72. The van der Waals surface area contributed by atoms with Crippen molar-refractivity contribution in [1.82, 2.24) is 14.9 Å². The Labute approximate surface area is 156 Å². The van der Waals surface area contributed by atoms with Gasteiger partial charge in [0.2, 0.25) is 11.8 Å². The molecule has 0 aliphatic carbocycles. The lowest BCUT2D eigenvalue weighted by atomic mass is 10.2. The molecule has 0 saturated carbocycles. The molecule has 0 fully saturated rings. The Balaban J connectivity index is 1.96. The molecule has 2 aromatic rings. The second kappa shape index (κ2) is 9.79. The highest BCUT2D eigenvalue weighted by Crippen LogP contribution is 2.19. The Morgan fingerprint density at radius 2 is 2.04 bits per heavy atom. The molecule has 0 radical (unpaired) electrons. The molecule has 0 atom stereocenters. The van der Waals surface area contributed by atoms with Gasteiger partial charge < -0.3 is 20.3 Å². The number of thioether (sulfide) groups is 1. The number of carbonyl (C=O) groups is 2. The lowest BCUT2D eigenvalue weighted by Crippen LogP contribution is -2.28. The average Bonchev–Trinajstić information content (AvgIpc) is 3.01. The van der Waals surface area contributed by atoms with Crippen LogP contribution in [0.1, 0.15) is 11.3 Å². The molecular weight excluding hydrogens is 352 g/mol. The lowest BCUT2D eigenvalue weighted by Gasteiger charge is -2.10. The quantitative estimate of drug-likeness (QED) is 0.459. The largest absolute Gasteiger partial charge is 0.390 e. The van der Waals surface area contributed by atoms with E-state index in [2.05, 4.69) is 22.2 Å². The summed E-state index contributed by atoms with van der Waals surface area (Å²) < 4.78 is 1.60. The normalized spacial score (nSPS) is 10.4. The summed E-state index contributed by atoms with van der Waals surface area (Å²) >= 11 is 1.21. The molecule has 0 aliphatic rings. The van der Waals surface area contributed by atoms with E-state index in [1.807, 2.05) is 31.2 Å². The van der Waals surface area contributed by atoms with Crippen LogP contribution in [0.5, 0.6) is 0 Å². The molecule has 0 unspecified atom stereocenters. The summed E-state index contributed by atoms with van der Waals surface area (Å²) in [4.78, 5) is 28.2. The van der Waals surface area contributed by atoms with Crippen LogP contribution >= 0.6 is 11.8 Å². The highest BCUT2D eigenvalue weighted by molar-refractivity contribution is 7.99. The summed E-state index contributed by atoms with van der Waals surface area (Å²) in [5.74, 6) is -0.247. The van der Waals surface area contributed by atoms with Crippen LogP contribution in [-0.4, -0.2) is 38.8 Å². The van der Waals surface area contributed by atoms with Gasteiger partial charge in [-0.1, -0.05) is 35.5 Å². The van der Waals surface area contributed by atoms with Gasteiger partial charge in [-0.3, -0.25) is 9.59 Å². The highest BCUT2D eigenvalue weighted by Gasteiger charge is 2.14. The molecule has 2 rings (SSSR count). The molecule has 0 saturated heterocycles. The summed E-state index contributed by atoms with van der Waals surface area (Å²) in [6.07, 6.45) is 3.09. The van der Waals surface area contributed by atoms with Gasteiger partial charge in [-0.2, -0.15) is 0 Å². The van der Waals surface area contributed by atoms with Gasteiger partial charge in [-0.15, -0.1) is 6.58 Å². The van der Waals surface area contributed by atoms with E-state index in [-0.39, 0.29) is 30.7 Å². The van der Waals surface area contributed by atoms with Crippen LogP contribution in [0.3, 0.4) is 0 Å². The minimum absolute atomic E-state index is 0.0195. The second-order valence-electron chi connectivity index (χ2n) is 5.57.